The number of nitrogens with one attached hydrogen (secondary N) is 2. The van der Waals surface area contributed by atoms with Crippen LogP contribution in [0.3, 0.4) is 0 Å². The van der Waals surface area contributed by atoms with Gasteiger partial charge in [-0.1, -0.05) is 12.1 Å². The third-order valence-corrected chi connectivity index (χ3v) is 5.63. The number of aromatic nitrogens is 2. The van der Waals surface area contributed by atoms with Gasteiger partial charge in [-0.05, 0) is 65.9 Å². The summed E-state index contributed by atoms with van der Waals surface area (Å²) in [5.74, 6) is 0. The Bertz CT molecular complexity index is 1470. The molecular formula is C21H17N3O4S. The van der Waals surface area contributed by atoms with E-state index in [9.17, 15) is 18.0 Å². The number of primary sulfonamides is 1. The molecule has 4 N–H and O–H groups in total. The Hall–Kier alpha value is -3.49. The summed E-state index contributed by atoms with van der Waals surface area (Å²) in [6.45, 7) is 1.91. The van der Waals surface area contributed by atoms with E-state index in [4.69, 9.17) is 5.14 Å². The minimum atomic E-state index is -3.81. The molecule has 0 bridgehead atoms. The van der Waals surface area contributed by atoms with Crippen LogP contribution in [0.15, 0.2) is 75.3 Å². The first kappa shape index (κ1) is 18.9. The van der Waals surface area contributed by atoms with Gasteiger partial charge in [0.05, 0.1) is 10.4 Å². The van der Waals surface area contributed by atoms with Gasteiger partial charge in [-0.15, -0.1) is 0 Å². The van der Waals surface area contributed by atoms with Crippen molar-refractivity contribution < 1.29 is 8.42 Å². The fourth-order valence-electron chi connectivity index (χ4n) is 3.35. The summed E-state index contributed by atoms with van der Waals surface area (Å²) in [7, 11) is -3.81. The second-order valence-corrected chi connectivity index (χ2v) is 8.33. The Labute approximate surface area is 165 Å². The minimum absolute atomic E-state index is 0.0279. The molecule has 0 spiro atoms. The van der Waals surface area contributed by atoms with Gasteiger partial charge < -0.3 is 9.97 Å². The molecule has 0 aliphatic rings. The lowest BCUT2D eigenvalue weighted by Gasteiger charge is -2.10. The number of nitrogens with two attached hydrogens (primary N) is 1. The molecule has 0 amide bonds. The molecule has 146 valence electrons. The standard InChI is InChI=1S/C21H17N3O4S/c1-12-9-14-11-17(13-4-6-15(7-5-13)29(22,27)28)21(26)24-19(14)18(10-12)16-3-2-8-23-20(16)25/h2-11H,1H3,(H,23,25)(H,24,26)(H2,22,27,28). The second-order valence-electron chi connectivity index (χ2n) is 6.77. The molecule has 4 rings (SSSR count). The highest BCUT2D eigenvalue weighted by atomic mass is 32.2. The van der Waals surface area contributed by atoms with Crippen LogP contribution in [-0.4, -0.2) is 18.4 Å². The normalized spacial score (nSPS) is 11.7. The van der Waals surface area contributed by atoms with Crippen LogP contribution in [0.2, 0.25) is 0 Å². The molecule has 0 fully saturated rings. The van der Waals surface area contributed by atoms with Crippen LogP contribution < -0.4 is 16.3 Å². The van der Waals surface area contributed by atoms with Crippen molar-refractivity contribution in [2.24, 2.45) is 5.14 Å². The Morgan fingerprint density at radius 1 is 0.862 bits per heavy atom. The van der Waals surface area contributed by atoms with Gasteiger partial charge in [-0.2, -0.15) is 0 Å². The lowest BCUT2D eigenvalue weighted by molar-refractivity contribution is 0.598. The van der Waals surface area contributed by atoms with E-state index in [-0.39, 0.29) is 16.0 Å². The maximum atomic E-state index is 12.8. The topological polar surface area (TPSA) is 126 Å². The van der Waals surface area contributed by atoms with Crippen molar-refractivity contribution in [1.29, 1.82) is 0 Å². The Kier molecular flexibility index (Phi) is 4.45. The first-order valence-electron chi connectivity index (χ1n) is 8.73. The summed E-state index contributed by atoms with van der Waals surface area (Å²) in [4.78, 5) is 30.5. The summed E-state index contributed by atoms with van der Waals surface area (Å²) < 4.78 is 22.9. The summed E-state index contributed by atoms with van der Waals surface area (Å²) in [5, 5.41) is 5.88. The first-order valence-corrected chi connectivity index (χ1v) is 10.3. The van der Waals surface area contributed by atoms with E-state index < -0.39 is 10.0 Å². The number of pyridine rings is 2. The second kappa shape index (κ2) is 6.84. The third kappa shape index (κ3) is 3.51. The maximum absolute atomic E-state index is 12.8. The largest absolute Gasteiger partial charge is 0.329 e. The average molecular weight is 407 g/mol. The van der Waals surface area contributed by atoms with Gasteiger partial charge in [0.15, 0.2) is 0 Å². The molecule has 2 aromatic carbocycles. The smallest absolute Gasteiger partial charge is 0.256 e. The van der Waals surface area contributed by atoms with E-state index >= 15 is 0 Å². The Morgan fingerprint density at radius 2 is 1.59 bits per heavy atom. The summed E-state index contributed by atoms with van der Waals surface area (Å²) in [6.07, 6.45) is 1.55. The van der Waals surface area contributed by atoms with Crippen LogP contribution in [0.5, 0.6) is 0 Å². The first-order chi connectivity index (χ1) is 13.7. The van der Waals surface area contributed by atoms with Crippen molar-refractivity contribution in [3.05, 3.63) is 87.1 Å². The number of rotatable bonds is 3. The molecule has 0 aliphatic heterocycles. The van der Waals surface area contributed by atoms with Gasteiger partial charge in [0, 0.05) is 22.9 Å². The molecular weight excluding hydrogens is 390 g/mol. The van der Waals surface area contributed by atoms with Crippen molar-refractivity contribution >= 4 is 20.9 Å². The lowest BCUT2D eigenvalue weighted by Crippen LogP contribution is -2.13. The molecule has 7 nitrogen and oxygen atoms in total. The SMILES string of the molecule is Cc1cc(-c2ccc[nH]c2=O)c2[nH]c(=O)c(-c3ccc(S(N)(=O)=O)cc3)cc2c1. The third-order valence-electron chi connectivity index (χ3n) is 4.70. The average Bonchev–Trinajstić information content (AvgIpc) is 2.67. The van der Waals surface area contributed by atoms with E-state index in [1.165, 1.54) is 24.3 Å². The maximum Gasteiger partial charge on any atom is 0.256 e. The van der Waals surface area contributed by atoms with E-state index in [1.54, 1.807) is 24.4 Å². The molecule has 0 saturated carbocycles. The molecule has 0 aliphatic carbocycles. The number of fused-ring (bicyclic) bond motifs is 1. The van der Waals surface area contributed by atoms with Gasteiger partial charge in [-0.3, -0.25) is 9.59 Å². The van der Waals surface area contributed by atoms with Gasteiger partial charge in [0.25, 0.3) is 11.1 Å². The zero-order chi connectivity index (χ0) is 20.8. The molecule has 0 radical (unpaired) electrons. The van der Waals surface area contributed by atoms with Crippen LogP contribution in [0.1, 0.15) is 5.56 Å². The highest BCUT2D eigenvalue weighted by molar-refractivity contribution is 7.89. The van der Waals surface area contributed by atoms with Gasteiger partial charge in [0.2, 0.25) is 10.0 Å². The highest BCUT2D eigenvalue weighted by Gasteiger charge is 2.13. The molecule has 29 heavy (non-hydrogen) atoms. The fourth-order valence-corrected chi connectivity index (χ4v) is 3.87. The molecule has 0 saturated heterocycles. The molecule has 2 aromatic heterocycles. The number of aryl methyl sites for hydroxylation is 1. The molecule has 2 heterocycles. The number of sulfonamides is 1. The van der Waals surface area contributed by atoms with Crippen LogP contribution in [0.25, 0.3) is 33.2 Å². The molecule has 0 atom stereocenters. The highest BCUT2D eigenvalue weighted by Crippen LogP contribution is 2.28. The summed E-state index contributed by atoms with van der Waals surface area (Å²) >= 11 is 0. The van der Waals surface area contributed by atoms with E-state index in [1.807, 2.05) is 19.1 Å². The monoisotopic (exact) mass is 407 g/mol. The van der Waals surface area contributed by atoms with Crippen molar-refractivity contribution in [3.8, 4) is 22.3 Å². The van der Waals surface area contributed by atoms with Crippen molar-refractivity contribution in [3.63, 3.8) is 0 Å². The number of aromatic amines is 2. The number of hydrogen-bond donors (Lipinski definition) is 3. The van der Waals surface area contributed by atoms with E-state index in [2.05, 4.69) is 9.97 Å². The van der Waals surface area contributed by atoms with E-state index in [0.717, 1.165) is 10.9 Å². The van der Waals surface area contributed by atoms with Crippen LogP contribution >= 0.6 is 0 Å². The quantitative estimate of drug-likeness (QED) is 0.482. The van der Waals surface area contributed by atoms with Gasteiger partial charge in [-0.25, -0.2) is 13.6 Å². The summed E-state index contributed by atoms with van der Waals surface area (Å²) in [6, 6.07) is 14.7. The van der Waals surface area contributed by atoms with Gasteiger partial charge in [0.1, 0.15) is 0 Å². The molecule has 8 heteroatoms. The zero-order valence-electron chi connectivity index (χ0n) is 15.4. The Balaban J connectivity index is 1.94. The molecule has 0 unspecified atom stereocenters. The number of H-pyrrole nitrogens is 2. The molecule has 4 aromatic rings. The fraction of sp³-hybridized carbons (Fsp3) is 0.0476. The van der Waals surface area contributed by atoms with Crippen LogP contribution in [-0.2, 0) is 10.0 Å². The lowest BCUT2D eigenvalue weighted by atomic mass is 9.98. The van der Waals surface area contributed by atoms with Crippen LogP contribution in [0.4, 0.5) is 0 Å². The summed E-state index contributed by atoms with van der Waals surface area (Å²) in [5.41, 5.74) is 2.93. The van der Waals surface area contributed by atoms with Crippen molar-refractivity contribution in [2.45, 2.75) is 11.8 Å². The minimum Gasteiger partial charge on any atom is -0.329 e. The zero-order valence-corrected chi connectivity index (χ0v) is 16.2. The van der Waals surface area contributed by atoms with Crippen molar-refractivity contribution in [1.82, 2.24) is 9.97 Å². The number of hydrogen-bond acceptors (Lipinski definition) is 4. The van der Waals surface area contributed by atoms with Crippen LogP contribution in [0, 0.1) is 6.92 Å². The Morgan fingerprint density at radius 3 is 2.24 bits per heavy atom. The predicted octanol–water partition coefficient (Wildman–Crippen LogP) is 2.51. The van der Waals surface area contributed by atoms with Crippen molar-refractivity contribution in [2.75, 3.05) is 0 Å². The van der Waals surface area contributed by atoms with E-state index in [0.29, 0.717) is 27.8 Å². The van der Waals surface area contributed by atoms with Gasteiger partial charge >= 0.3 is 0 Å². The number of benzene rings is 2. The predicted molar refractivity (Wildman–Crippen MR) is 112 cm³/mol.